The Morgan fingerprint density at radius 1 is 1.15 bits per heavy atom. The van der Waals surface area contributed by atoms with Gasteiger partial charge in [0.2, 0.25) is 11.7 Å². The number of hydrogen-bond acceptors (Lipinski definition) is 5. The molecule has 2 rings (SSSR count). The molecule has 0 spiro atoms. The van der Waals surface area contributed by atoms with Gasteiger partial charge in [-0.15, -0.1) is 0 Å². The zero-order chi connectivity index (χ0) is 14.4. The third-order valence-electron chi connectivity index (χ3n) is 2.45. The van der Waals surface area contributed by atoms with Crippen LogP contribution in [-0.4, -0.2) is 30.0 Å². The minimum atomic E-state index is -0.275. The van der Waals surface area contributed by atoms with Gasteiger partial charge in [0, 0.05) is 5.56 Å². The summed E-state index contributed by atoms with van der Waals surface area (Å²) in [7, 11) is 2.92. The first-order valence-electron chi connectivity index (χ1n) is 5.81. The SMILES string of the molecule is COc1ncc(C#CC(=O)c2ccccc2)c(OC)n1. The number of benzene rings is 1. The number of hydrogen-bond donors (Lipinski definition) is 0. The van der Waals surface area contributed by atoms with Crippen LogP contribution in [0.2, 0.25) is 0 Å². The van der Waals surface area contributed by atoms with Gasteiger partial charge in [-0.05, 0) is 5.92 Å². The van der Waals surface area contributed by atoms with Crippen LogP contribution in [0.1, 0.15) is 15.9 Å². The molecule has 0 unspecified atom stereocenters. The Morgan fingerprint density at radius 3 is 2.55 bits per heavy atom. The molecule has 100 valence electrons. The van der Waals surface area contributed by atoms with Crippen molar-refractivity contribution in [2.45, 2.75) is 0 Å². The zero-order valence-corrected chi connectivity index (χ0v) is 11.1. The lowest BCUT2D eigenvalue weighted by molar-refractivity contribution is 0.105. The second-order valence-electron chi connectivity index (χ2n) is 3.72. The largest absolute Gasteiger partial charge is 0.480 e. The Balaban J connectivity index is 2.27. The Labute approximate surface area is 116 Å². The predicted octanol–water partition coefficient (Wildman–Crippen LogP) is 1.73. The van der Waals surface area contributed by atoms with E-state index in [4.69, 9.17) is 9.47 Å². The summed E-state index contributed by atoms with van der Waals surface area (Å²) in [6.07, 6.45) is 1.45. The minimum absolute atomic E-state index is 0.182. The number of rotatable bonds is 3. The number of Topliss-reactive ketones (excluding diaryl/α,β-unsaturated/α-hetero) is 1. The molecule has 0 atom stereocenters. The molecular weight excluding hydrogens is 256 g/mol. The highest BCUT2D eigenvalue weighted by atomic mass is 16.5. The molecule has 20 heavy (non-hydrogen) atoms. The van der Waals surface area contributed by atoms with Crippen molar-refractivity contribution in [3.05, 3.63) is 47.7 Å². The van der Waals surface area contributed by atoms with Crippen LogP contribution >= 0.6 is 0 Å². The van der Waals surface area contributed by atoms with E-state index < -0.39 is 0 Å². The molecule has 0 saturated carbocycles. The maximum atomic E-state index is 11.9. The van der Waals surface area contributed by atoms with Gasteiger partial charge in [-0.3, -0.25) is 4.79 Å². The molecule has 0 bridgehead atoms. The Hall–Kier alpha value is -2.87. The smallest absolute Gasteiger partial charge is 0.319 e. The van der Waals surface area contributed by atoms with Crippen LogP contribution in [0.15, 0.2) is 36.5 Å². The molecular formula is C15H12N2O3. The molecule has 2 aromatic rings. The lowest BCUT2D eigenvalue weighted by atomic mass is 10.1. The number of aromatic nitrogens is 2. The molecule has 5 nitrogen and oxygen atoms in total. The average Bonchev–Trinajstić information content (AvgIpc) is 2.53. The molecule has 0 aliphatic rings. The van der Waals surface area contributed by atoms with E-state index in [1.54, 1.807) is 24.3 Å². The van der Waals surface area contributed by atoms with Crippen molar-refractivity contribution in [1.29, 1.82) is 0 Å². The van der Waals surface area contributed by atoms with E-state index in [9.17, 15) is 4.79 Å². The van der Waals surface area contributed by atoms with Crippen molar-refractivity contribution in [3.8, 4) is 23.7 Å². The van der Waals surface area contributed by atoms with Crippen LogP contribution in [-0.2, 0) is 0 Å². The average molecular weight is 268 g/mol. The topological polar surface area (TPSA) is 61.3 Å². The van der Waals surface area contributed by atoms with Crippen molar-refractivity contribution in [2.24, 2.45) is 0 Å². The van der Waals surface area contributed by atoms with Crippen molar-refractivity contribution in [3.63, 3.8) is 0 Å². The van der Waals surface area contributed by atoms with Gasteiger partial charge in [-0.25, -0.2) is 4.98 Å². The zero-order valence-electron chi connectivity index (χ0n) is 11.1. The van der Waals surface area contributed by atoms with Gasteiger partial charge >= 0.3 is 6.01 Å². The van der Waals surface area contributed by atoms with Gasteiger partial charge in [0.1, 0.15) is 5.56 Å². The fraction of sp³-hybridized carbons (Fsp3) is 0.133. The lowest BCUT2D eigenvalue weighted by Gasteiger charge is -2.02. The van der Waals surface area contributed by atoms with Crippen LogP contribution in [0.3, 0.4) is 0 Å². The first-order chi connectivity index (χ1) is 9.74. The molecule has 0 amide bonds. The second-order valence-corrected chi connectivity index (χ2v) is 3.72. The van der Waals surface area contributed by atoms with E-state index in [-0.39, 0.29) is 17.7 Å². The molecule has 0 N–H and O–H groups in total. The van der Waals surface area contributed by atoms with Crippen molar-refractivity contribution >= 4 is 5.78 Å². The number of ketones is 1. The number of carbonyl (C=O) groups excluding carboxylic acids is 1. The van der Waals surface area contributed by atoms with Gasteiger partial charge in [0.25, 0.3) is 0 Å². The van der Waals surface area contributed by atoms with Gasteiger partial charge in [-0.1, -0.05) is 36.3 Å². The third kappa shape index (κ3) is 3.12. The molecule has 0 fully saturated rings. The highest BCUT2D eigenvalue weighted by molar-refractivity contribution is 6.09. The standard InChI is InChI=1S/C15H12N2O3/c1-19-14-12(10-16-15(17-14)20-2)8-9-13(18)11-6-4-3-5-7-11/h3-7,10H,1-2H3. The summed E-state index contributed by atoms with van der Waals surface area (Å²) in [6.45, 7) is 0. The Bertz CT molecular complexity index is 673. The molecule has 0 radical (unpaired) electrons. The van der Waals surface area contributed by atoms with Crippen LogP contribution in [0.4, 0.5) is 0 Å². The summed E-state index contributed by atoms with van der Waals surface area (Å²) < 4.78 is 9.97. The molecule has 1 heterocycles. The van der Waals surface area contributed by atoms with E-state index in [0.29, 0.717) is 11.1 Å². The molecule has 1 aromatic carbocycles. The number of carbonyl (C=O) groups is 1. The molecule has 5 heteroatoms. The molecule has 0 aliphatic heterocycles. The van der Waals surface area contributed by atoms with Crippen LogP contribution in [0, 0.1) is 11.8 Å². The fourth-order valence-corrected chi connectivity index (χ4v) is 1.48. The minimum Gasteiger partial charge on any atom is -0.480 e. The number of nitrogens with zero attached hydrogens (tertiary/aromatic N) is 2. The summed E-state index contributed by atoms with van der Waals surface area (Å²) in [5.74, 6) is 5.24. The monoisotopic (exact) mass is 268 g/mol. The van der Waals surface area contributed by atoms with E-state index in [0.717, 1.165) is 0 Å². The number of methoxy groups -OCH3 is 2. The maximum absolute atomic E-state index is 11.9. The summed E-state index contributed by atoms with van der Waals surface area (Å²) in [5.41, 5.74) is 0.964. The van der Waals surface area contributed by atoms with Crippen molar-refractivity contribution in [1.82, 2.24) is 9.97 Å². The van der Waals surface area contributed by atoms with Crippen LogP contribution < -0.4 is 9.47 Å². The highest BCUT2D eigenvalue weighted by Crippen LogP contribution is 2.15. The summed E-state index contributed by atoms with van der Waals surface area (Å²) in [4.78, 5) is 19.8. The Kier molecular flexibility index (Phi) is 4.30. The van der Waals surface area contributed by atoms with E-state index in [1.807, 2.05) is 6.07 Å². The molecule has 0 saturated heterocycles. The number of ether oxygens (including phenoxy) is 2. The van der Waals surface area contributed by atoms with Gasteiger partial charge < -0.3 is 9.47 Å². The van der Waals surface area contributed by atoms with Gasteiger partial charge in [-0.2, -0.15) is 4.98 Å². The van der Waals surface area contributed by atoms with E-state index in [2.05, 4.69) is 21.8 Å². The first-order valence-corrected chi connectivity index (χ1v) is 5.81. The fourth-order valence-electron chi connectivity index (χ4n) is 1.48. The molecule has 0 aliphatic carbocycles. The predicted molar refractivity (Wildman–Crippen MR) is 72.8 cm³/mol. The summed E-state index contributed by atoms with van der Waals surface area (Å²) in [6, 6.07) is 9.00. The quantitative estimate of drug-likeness (QED) is 0.626. The van der Waals surface area contributed by atoms with Crippen LogP contribution in [0.5, 0.6) is 11.9 Å². The highest BCUT2D eigenvalue weighted by Gasteiger charge is 2.06. The van der Waals surface area contributed by atoms with Crippen LogP contribution in [0.25, 0.3) is 0 Å². The van der Waals surface area contributed by atoms with E-state index >= 15 is 0 Å². The first kappa shape index (κ1) is 13.6. The van der Waals surface area contributed by atoms with Gasteiger partial charge in [0.05, 0.1) is 20.4 Å². The second kappa shape index (κ2) is 6.34. The molecule has 1 aromatic heterocycles. The summed E-state index contributed by atoms with van der Waals surface area (Å²) in [5, 5.41) is 0. The normalized spacial score (nSPS) is 9.30. The Morgan fingerprint density at radius 2 is 1.90 bits per heavy atom. The maximum Gasteiger partial charge on any atom is 0.319 e. The van der Waals surface area contributed by atoms with Crippen molar-refractivity contribution in [2.75, 3.05) is 14.2 Å². The van der Waals surface area contributed by atoms with Gasteiger partial charge in [0.15, 0.2) is 0 Å². The van der Waals surface area contributed by atoms with Crippen molar-refractivity contribution < 1.29 is 14.3 Å². The summed E-state index contributed by atoms with van der Waals surface area (Å²) >= 11 is 0. The lowest BCUT2D eigenvalue weighted by Crippen LogP contribution is -1.98. The third-order valence-corrected chi connectivity index (χ3v) is 2.45. The van der Waals surface area contributed by atoms with E-state index in [1.165, 1.54) is 20.4 Å².